The average molecular weight is 343 g/mol. The van der Waals surface area contributed by atoms with Gasteiger partial charge in [-0.05, 0) is 6.07 Å². The van der Waals surface area contributed by atoms with Gasteiger partial charge in [0, 0.05) is 41.1 Å². The third-order valence-electron chi connectivity index (χ3n) is 3.37. The number of benzene rings is 1. The summed E-state index contributed by atoms with van der Waals surface area (Å²) in [4.78, 5) is 3.09. The lowest BCUT2D eigenvalue weighted by atomic mass is 10.1. The van der Waals surface area contributed by atoms with E-state index in [1.165, 1.54) is 0 Å². The van der Waals surface area contributed by atoms with Gasteiger partial charge >= 0.3 is 0 Å². The van der Waals surface area contributed by atoms with E-state index in [9.17, 15) is 4.39 Å². The van der Waals surface area contributed by atoms with Crippen LogP contribution in [0, 0.1) is 0 Å². The van der Waals surface area contributed by atoms with E-state index in [0.29, 0.717) is 21.2 Å². The topological polar surface area (TPSA) is 76.7 Å². The van der Waals surface area contributed by atoms with Crippen molar-refractivity contribution in [2.24, 2.45) is 0 Å². The number of aliphatic hydroxyl groups is 1. The van der Waals surface area contributed by atoms with E-state index in [1.807, 2.05) is 0 Å². The van der Waals surface area contributed by atoms with Crippen molar-refractivity contribution in [2.45, 2.75) is 6.17 Å². The first-order valence-corrected chi connectivity index (χ1v) is 7.34. The van der Waals surface area contributed by atoms with Gasteiger partial charge in [-0.1, -0.05) is 23.2 Å². The number of rotatable bonds is 5. The van der Waals surface area contributed by atoms with E-state index >= 15 is 0 Å². The summed E-state index contributed by atoms with van der Waals surface area (Å²) in [7, 11) is 0. The van der Waals surface area contributed by atoms with Crippen LogP contribution < -0.4 is 5.32 Å². The Balaban J connectivity index is 2.13. The third kappa shape index (κ3) is 2.65. The van der Waals surface area contributed by atoms with E-state index in [4.69, 9.17) is 28.3 Å². The van der Waals surface area contributed by atoms with Crippen LogP contribution in [0.25, 0.3) is 22.0 Å². The minimum absolute atomic E-state index is 0.0282. The van der Waals surface area contributed by atoms with Crippen molar-refractivity contribution in [2.75, 3.05) is 18.5 Å². The van der Waals surface area contributed by atoms with Gasteiger partial charge in [0.25, 0.3) is 0 Å². The number of alkyl halides is 1. The molecule has 22 heavy (non-hydrogen) atoms. The minimum atomic E-state index is -1.36. The van der Waals surface area contributed by atoms with Crippen molar-refractivity contribution in [3.63, 3.8) is 0 Å². The van der Waals surface area contributed by atoms with Gasteiger partial charge in [-0.25, -0.2) is 4.39 Å². The molecule has 1 unspecified atom stereocenters. The Morgan fingerprint density at radius 1 is 1.36 bits per heavy atom. The van der Waals surface area contributed by atoms with Crippen molar-refractivity contribution >= 4 is 39.8 Å². The molecule has 3 rings (SSSR count). The molecule has 2 aromatic heterocycles. The number of hydrogen-bond acceptors (Lipinski definition) is 3. The number of fused-ring (bicyclic) bond motifs is 1. The molecular weight excluding hydrogens is 330 g/mol. The lowest BCUT2D eigenvalue weighted by Crippen LogP contribution is -2.18. The molecule has 116 valence electrons. The average Bonchev–Trinajstić information content (AvgIpc) is 3.17. The first-order chi connectivity index (χ1) is 10.6. The minimum Gasteiger partial charge on any atom is -0.393 e. The largest absolute Gasteiger partial charge is 0.393 e. The number of aromatic amines is 2. The molecule has 1 aromatic carbocycles. The first kappa shape index (κ1) is 15.1. The number of H-pyrrole nitrogens is 2. The molecular formula is C14H13Cl2FN4O. The van der Waals surface area contributed by atoms with Crippen LogP contribution in [0.15, 0.2) is 24.7 Å². The number of hydrogen-bond donors (Lipinski definition) is 4. The van der Waals surface area contributed by atoms with Crippen LogP contribution in [0.2, 0.25) is 10.0 Å². The molecule has 5 nitrogen and oxygen atoms in total. The Kier molecular flexibility index (Phi) is 4.24. The quantitative estimate of drug-likeness (QED) is 0.572. The van der Waals surface area contributed by atoms with Crippen molar-refractivity contribution in [3.8, 4) is 11.1 Å². The van der Waals surface area contributed by atoms with Gasteiger partial charge in [0.05, 0.1) is 28.4 Å². The van der Waals surface area contributed by atoms with Gasteiger partial charge in [0.1, 0.15) is 6.17 Å². The molecule has 0 bridgehead atoms. The molecule has 0 saturated carbocycles. The standard InChI is InChI=1S/C14H13Cl2FN4O/c15-10-1-11(18-4-8(17)6-22)12-9(7-2-20-21-3-7)5-19-14(12)13(10)16/h1-3,5,8,18-19,22H,4,6H2,(H,20,21). The molecule has 0 aliphatic heterocycles. The Labute approximate surface area is 135 Å². The maximum Gasteiger partial charge on any atom is 0.140 e. The van der Waals surface area contributed by atoms with Gasteiger partial charge in [0.15, 0.2) is 0 Å². The summed E-state index contributed by atoms with van der Waals surface area (Å²) in [5.41, 5.74) is 3.03. The second kappa shape index (κ2) is 6.16. The summed E-state index contributed by atoms with van der Waals surface area (Å²) < 4.78 is 13.3. The zero-order valence-corrected chi connectivity index (χ0v) is 12.8. The molecule has 3 aromatic rings. The number of aliphatic hydroxyl groups excluding tert-OH is 1. The van der Waals surface area contributed by atoms with Crippen LogP contribution >= 0.6 is 23.2 Å². The van der Waals surface area contributed by atoms with Crippen LogP contribution in [0.5, 0.6) is 0 Å². The zero-order valence-electron chi connectivity index (χ0n) is 11.3. The summed E-state index contributed by atoms with van der Waals surface area (Å²) in [5, 5.41) is 20.0. The van der Waals surface area contributed by atoms with E-state index < -0.39 is 12.8 Å². The summed E-state index contributed by atoms with van der Waals surface area (Å²) in [6, 6.07) is 1.65. The number of aromatic nitrogens is 3. The van der Waals surface area contributed by atoms with Gasteiger partial charge in [-0.2, -0.15) is 5.10 Å². The normalized spacial score (nSPS) is 12.7. The number of nitrogens with one attached hydrogen (secondary N) is 3. The summed E-state index contributed by atoms with van der Waals surface area (Å²) in [5.74, 6) is 0. The molecule has 1 atom stereocenters. The number of halogens is 3. The summed E-state index contributed by atoms with van der Waals surface area (Å²) in [6.45, 7) is -0.571. The highest BCUT2D eigenvalue weighted by atomic mass is 35.5. The first-order valence-electron chi connectivity index (χ1n) is 6.58. The molecule has 4 N–H and O–H groups in total. The highest BCUT2D eigenvalue weighted by Crippen LogP contribution is 2.40. The van der Waals surface area contributed by atoms with E-state index in [1.54, 1.807) is 24.7 Å². The fraction of sp³-hybridized carbons (Fsp3) is 0.214. The molecule has 2 heterocycles. The van der Waals surface area contributed by atoms with Crippen LogP contribution in [-0.2, 0) is 0 Å². The molecule has 0 fully saturated rings. The fourth-order valence-corrected chi connectivity index (χ4v) is 2.72. The van der Waals surface area contributed by atoms with Crippen molar-refractivity contribution in [1.82, 2.24) is 15.2 Å². The molecule has 0 radical (unpaired) electrons. The monoisotopic (exact) mass is 342 g/mol. The number of nitrogens with zero attached hydrogens (tertiary/aromatic N) is 1. The van der Waals surface area contributed by atoms with Gasteiger partial charge < -0.3 is 15.4 Å². The lowest BCUT2D eigenvalue weighted by molar-refractivity contribution is 0.186. The lowest BCUT2D eigenvalue weighted by Gasteiger charge is -2.12. The maximum atomic E-state index is 13.3. The van der Waals surface area contributed by atoms with E-state index in [0.717, 1.165) is 16.5 Å². The Hall–Kier alpha value is -1.76. The van der Waals surface area contributed by atoms with Gasteiger partial charge in [-0.3, -0.25) is 5.10 Å². The SMILES string of the molecule is OCC(F)CNc1cc(Cl)c(Cl)c2[nH]cc(-c3cn[nH]c3)c12. The van der Waals surface area contributed by atoms with Crippen molar-refractivity contribution in [3.05, 3.63) is 34.7 Å². The summed E-state index contributed by atoms with van der Waals surface area (Å²) in [6.07, 6.45) is 3.86. The van der Waals surface area contributed by atoms with Crippen LogP contribution in [-0.4, -0.2) is 39.6 Å². The second-order valence-corrected chi connectivity index (χ2v) is 5.61. The highest BCUT2D eigenvalue weighted by Gasteiger charge is 2.17. The Morgan fingerprint density at radius 3 is 2.86 bits per heavy atom. The summed E-state index contributed by atoms with van der Waals surface area (Å²) >= 11 is 12.4. The smallest absolute Gasteiger partial charge is 0.140 e. The van der Waals surface area contributed by atoms with Crippen molar-refractivity contribution in [1.29, 1.82) is 0 Å². The Bertz CT molecular complexity index is 788. The van der Waals surface area contributed by atoms with Crippen LogP contribution in [0.4, 0.5) is 10.1 Å². The highest BCUT2D eigenvalue weighted by molar-refractivity contribution is 6.46. The van der Waals surface area contributed by atoms with Crippen molar-refractivity contribution < 1.29 is 9.50 Å². The van der Waals surface area contributed by atoms with Gasteiger partial charge in [-0.15, -0.1) is 0 Å². The molecule has 8 heteroatoms. The van der Waals surface area contributed by atoms with E-state index in [2.05, 4.69) is 20.5 Å². The second-order valence-electron chi connectivity index (χ2n) is 4.82. The zero-order chi connectivity index (χ0) is 15.7. The molecule has 0 aliphatic carbocycles. The maximum absolute atomic E-state index is 13.3. The molecule has 0 spiro atoms. The molecule has 0 amide bonds. The van der Waals surface area contributed by atoms with E-state index in [-0.39, 0.29) is 6.54 Å². The van der Waals surface area contributed by atoms with Gasteiger partial charge in [0.2, 0.25) is 0 Å². The number of anilines is 1. The fourth-order valence-electron chi connectivity index (χ4n) is 2.31. The van der Waals surface area contributed by atoms with Crippen LogP contribution in [0.3, 0.4) is 0 Å². The molecule has 0 aliphatic rings. The predicted octanol–water partition coefficient (Wildman–Crippen LogP) is 3.61. The predicted molar refractivity (Wildman–Crippen MR) is 86.4 cm³/mol. The Morgan fingerprint density at radius 2 is 2.18 bits per heavy atom. The molecule has 0 saturated heterocycles. The third-order valence-corrected chi connectivity index (χ3v) is 4.16. The van der Waals surface area contributed by atoms with Crippen LogP contribution in [0.1, 0.15) is 0 Å².